The molecule has 0 unspecified atom stereocenters. The van der Waals surface area contributed by atoms with Crippen LogP contribution in [0.3, 0.4) is 0 Å². The van der Waals surface area contributed by atoms with Crippen molar-refractivity contribution in [3.8, 4) is 0 Å². The molecule has 1 amide bonds. The van der Waals surface area contributed by atoms with Crippen LogP contribution >= 0.6 is 0 Å². The number of likely N-dealkylation sites (N-methyl/N-ethyl adjacent to an activating group) is 1. The van der Waals surface area contributed by atoms with Crippen molar-refractivity contribution in [2.75, 3.05) is 26.7 Å². The van der Waals surface area contributed by atoms with E-state index in [1.807, 2.05) is 13.8 Å². The molecule has 1 aliphatic rings. The summed E-state index contributed by atoms with van der Waals surface area (Å²) >= 11 is 0. The van der Waals surface area contributed by atoms with Gasteiger partial charge in [0.1, 0.15) is 11.6 Å². The lowest BCUT2D eigenvalue weighted by Crippen LogP contribution is -2.47. The van der Waals surface area contributed by atoms with Gasteiger partial charge in [0, 0.05) is 19.6 Å². The van der Waals surface area contributed by atoms with E-state index in [9.17, 15) is 13.6 Å². The summed E-state index contributed by atoms with van der Waals surface area (Å²) < 4.78 is 27.1. The van der Waals surface area contributed by atoms with Gasteiger partial charge in [-0.2, -0.15) is 0 Å². The molecule has 0 radical (unpaired) electrons. The van der Waals surface area contributed by atoms with Crippen LogP contribution in [0.15, 0.2) is 18.2 Å². The topological polar surface area (TPSA) is 23.6 Å². The SMILES string of the molecule is CC(C)[C@@H](CN1CCCC1)N(C)C(=O)c1cc(F)ccc1F. The molecule has 0 N–H and O–H groups in total. The zero-order chi connectivity index (χ0) is 16.3. The summed E-state index contributed by atoms with van der Waals surface area (Å²) in [6.45, 7) is 6.95. The second kappa shape index (κ2) is 7.18. The maximum Gasteiger partial charge on any atom is 0.256 e. The van der Waals surface area contributed by atoms with Gasteiger partial charge in [0.05, 0.1) is 5.56 Å². The molecule has 5 heteroatoms. The van der Waals surface area contributed by atoms with Gasteiger partial charge in [-0.3, -0.25) is 4.79 Å². The molecule has 0 aromatic heterocycles. The first kappa shape index (κ1) is 16.9. The lowest BCUT2D eigenvalue weighted by Gasteiger charge is -2.34. The monoisotopic (exact) mass is 310 g/mol. The van der Waals surface area contributed by atoms with E-state index >= 15 is 0 Å². The number of benzene rings is 1. The van der Waals surface area contributed by atoms with E-state index in [1.54, 1.807) is 11.9 Å². The Hall–Kier alpha value is -1.49. The van der Waals surface area contributed by atoms with E-state index in [-0.39, 0.29) is 17.5 Å². The Morgan fingerprint density at radius 2 is 1.91 bits per heavy atom. The number of carbonyl (C=O) groups is 1. The van der Waals surface area contributed by atoms with Crippen molar-refractivity contribution in [3.05, 3.63) is 35.4 Å². The Bertz CT molecular complexity index is 527. The molecular weight excluding hydrogens is 286 g/mol. The maximum absolute atomic E-state index is 13.8. The molecule has 1 heterocycles. The van der Waals surface area contributed by atoms with E-state index in [4.69, 9.17) is 0 Å². The lowest BCUT2D eigenvalue weighted by atomic mass is 10.0. The number of hydrogen-bond donors (Lipinski definition) is 0. The van der Waals surface area contributed by atoms with Crippen LogP contribution in [0.25, 0.3) is 0 Å². The van der Waals surface area contributed by atoms with Crippen molar-refractivity contribution >= 4 is 5.91 Å². The van der Waals surface area contributed by atoms with E-state index in [0.29, 0.717) is 0 Å². The number of likely N-dealkylation sites (tertiary alicyclic amines) is 1. The molecule has 1 atom stereocenters. The van der Waals surface area contributed by atoms with Gasteiger partial charge in [0.15, 0.2) is 0 Å². The van der Waals surface area contributed by atoms with E-state index in [0.717, 1.165) is 37.8 Å². The Balaban J connectivity index is 2.16. The Kier molecular flexibility index (Phi) is 5.51. The number of nitrogens with zero attached hydrogens (tertiary/aromatic N) is 2. The van der Waals surface area contributed by atoms with Crippen LogP contribution in [0.4, 0.5) is 8.78 Å². The molecule has 1 fully saturated rings. The summed E-state index contributed by atoms with van der Waals surface area (Å²) in [6, 6.07) is 2.98. The number of carbonyl (C=O) groups excluding carboxylic acids is 1. The summed E-state index contributed by atoms with van der Waals surface area (Å²) in [5.74, 6) is -1.50. The van der Waals surface area contributed by atoms with Crippen molar-refractivity contribution in [1.82, 2.24) is 9.80 Å². The van der Waals surface area contributed by atoms with Crippen molar-refractivity contribution < 1.29 is 13.6 Å². The summed E-state index contributed by atoms with van der Waals surface area (Å²) in [5.41, 5.74) is -0.199. The van der Waals surface area contributed by atoms with Gasteiger partial charge in [-0.1, -0.05) is 13.8 Å². The molecule has 1 aromatic rings. The summed E-state index contributed by atoms with van der Waals surface area (Å²) in [6.07, 6.45) is 2.36. The number of halogens is 2. The molecule has 122 valence electrons. The van der Waals surface area contributed by atoms with Crippen molar-refractivity contribution in [1.29, 1.82) is 0 Å². The predicted octanol–water partition coefficient (Wildman–Crippen LogP) is 3.16. The van der Waals surface area contributed by atoms with Gasteiger partial charge in [0.2, 0.25) is 0 Å². The molecule has 0 spiro atoms. The molecule has 0 saturated carbocycles. The highest BCUT2D eigenvalue weighted by Gasteiger charge is 2.28. The molecule has 2 rings (SSSR count). The Labute approximate surface area is 130 Å². The number of rotatable bonds is 5. The van der Waals surface area contributed by atoms with Crippen molar-refractivity contribution in [2.24, 2.45) is 5.92 Å². The van der Waals surface area contributed by atoms with E-state index in [1.165, 1.54) is 12.8 Å². The Morgan fingerprint density at radius 1 is 1.27 bits per heavy atom. The molecule has 22 heavy (non-hydrogen) atoms. The molecule has 3 nitrogen and oxygen atoms in total. The summed E-state index contributed by atoms with van der Waals surface area (Å²) in [4.78, 5) is 16.4. The van der Waals surface area contributed by atoms with Crippen LogP contribution in [0.1, 0.15) is 37.0 Å². The van der Waals surface area contributed by atoms with Crippen LogP contribution in [0.2, 0.25) is 0 Å². The summed E-state index contributed by atoms with van der Waals surface area (Å²) in [5, 5.41) is 0. The quantitative estimate of drug-likeness (QED) is 0.834. The molecule has 1 aromatic carbocycles. The van der Waals surface area contributed by atoms with Gasteiger partial charge in [0.25, 0.3) is 5.91 Å². The molecule has 1 aliphatic heterocycles. The van der Waals surface area contributed by atoms with Gasteiger partial charge in [-0.25, -0.2) is 8.78 Å². The van der Waals surface area contributed by atoms with Gasteiger partial charge >= 0.3 is 0 Å². The van der Waals surface area contributed by atoms with E-state index in [2.05, 4.69) is 4.90 Å². The fourth-order valence-electron chi connectivity index (χ4n) is 3.01. The molecule has 0 aliphatic carbocycles. The van der Waals surface area contributed by atoms with E-state index < -0.39 is 17.5 Å². The average molecular weight is 310 g/mol. The lowest BCUT2D eigenvalue weighted by molar-refractivity contribution is 0.0636. The fourth-order valence-corrected chi connectivity index (χ4v) is 3.01. The second-order valence-corrected chi connectivity index (χ2v) is 6.36. The first-order valence-electron chi connectivity index (χ1n) is 7.84. The van der Waals surface area contributed by atoms with Gasteiger partial charge in [-0.05, 0) is 50.0 Å². The zero-order valence-electron chi connectivity index (χ0n) is 13.5. The first-order valence-corrected chi connectivity index (χ1v) is 7.84. The van der Waals surface area contributed by atoms with Crippen LogP contribution in [0.5, 0.6) is 0 Å². The zero-order valence-corrected chi connectivity index (χ0v) is 13.5. The molecular formula is C17H24F2N2O. The predicted molar refractivity (Wildman–Crippen MR) is 82.8 cm³/mol. The summed E-state index contributed by atoms with van der Waals surface area (Å²) in [7, 11) is 1.67. The van der Waals surface area contributed by atoms with Crippen LogP contribution in [-0.2, 0) is 0 Å². The van der Waals surface area contributed by atoms with Gasteiger partial charge < -0.3 is 9.80 Å². The third kappa shape index (κ3) is 3.83. The largest absolute Gasteiger partial charge is 0.337 e. The minimum Gasteiger partial charge on any atom is -0.337 e. The third-order valence-corrected chi connectivity index (χ3v) is 4.39. The molecule has 0 bridgehead atoms. The fraction of sp³-hybridized carbons (Fsp3) is 0.588. The minimum absolute atomic E-state index is 0.0201. The highest BCUT2D eigenvalue weighted by atomic mass is 19.1. The minimum atomic E-state index is -0.679. The van der Waals surface area contributed by atoms with Gasteiger partial charge in [-0.15, -0.1) is 0 Å². The van der Waals surface area contributed by atoms with Crippen LogP contribution < -0.4 is 0 Å². The van der Waals surface area contributed by atoms with Crippen LogP contribution in [-0.4, -0.2) is 48.4 Å². The van der Waals surface area contributed by atoms with Crippen LogP contribution in [0, 0.1) is 17.6 Å². The number of amides is 1. The smallest absolute Gasteiger partial charge is 0.256 e. The van der Waals surface area contributed by atoms with Crippen molar-refractivity contribution in [3.63, 3.8) is 0 Å². The Morgan fingerprint density at radius 3 is 2.50 bits per heavy atom. The normalized spacial score (nSPS) is 17.0. The highest BCUT2D eigenvalue weighted by molar-refractivity contribution is 5.94. The third-order valence-electron chi connectivity index (χ3n) is 4.39. The maximum atomic E-state index is 13.8. The van der Waals surface area contributed by atoms with Crippen molar-refractivity contribution in [2.45, 2.75) is 32.7 Å². The average Bonchev–Trinajstić information content (AvgIpc) is 2.98. The molecule has 1 saturated heterocycles. The second-order valence-electron chi connectivity index (χ2n) is 6.36. The standard InChI is InChI=1S/C17H24F2N2O/c1-12(2)16(11-21-8-4-5-9-21)20(3)17(22)14-10-13(18)6-7-15(14)19/h6-7,10,12,16H,4-5,8-9,11H2,1-3H3/t16-/m1/s1. The first-order chi connectivity index (χ1) is 10.4. The number of hydrogen-bond acceptors (Lipinski definition) is 2. The highest BCUT2D eigenvalue weighted by Crippen LogP contribution is 2.19.